The van der Waals surface area contributed by atoms with E-state index in [1.165, 1.54) is 20.2 Å². The first-order valence-corrected chi connectivity index (χ1v) is 10.6. The highest BCUT2D eigenvalue weighted by Gasteiger charge is 2.26. The number of nitrogens with zero attached hydrogens (tertiary/aromatic N) is 3. The minimum absolute atomic E-state index is 0.113. The Bertz CT molecular complexity index is 727. The Hall–Kier alpha value is -0.960. The molecule has 0 bridgehead atoms. The summed E-state index contributed by atoms with van der Waals surface area (Å²) in [6.45, 7) is 8.44. The van der Waals surface area contributed by atoms with Crippen LogP contribution in [0.5, 0.6) is 0 Å². The van der Waals surface area contributed by atoms with E-state index in [1.807, 2.05) is 0 Å². The van der Waals surface area contributed by atoms with Crippen molar-refractivity contribution in [3.63, 3.8) is 0 Å². The summed E-state index contributed by atoms with van der Waals surface area (Å²) in [5.41, 5.74) is 0.404. The highest BCUT2D eigenvalue weighted by atomic mass is 79.9. The van der Waals surface area contributed by atoms with Gasteiger partial charge in [0.15, 0.2) is 0 Å². The van der Waals surface area contributed by atoms with Crippen LogP contribution in [0.15, 0.2) is 27.6 Å². The van der Waals surface area contributed by atoms with E-state index in [1.54, 1.807) is 17.0 Å². The van der Waals surface area contributed by atoms with Crippen molar-refractivity contribution in [2.75, 3.05) is 46.8 Å². The van der Waals surface area contributed by atoms with Gasteiger partial charge in [0.25, 0.3) is 5.91 Å². The number of sulfonamides is 1. The zero-order valence-electron chi connectivity index (χ0n) is 15.2. The van der Waals surface area contributed by atoms with Gasteiger partial charge in [0, 0.05) is 56.9 Å². The molecule has 1 aliphatic heterocycles. The third-order valence-corrected chi connectivity index (χ3v) is 7.03. The summed E-state index contributed by atoms with van der Waals surface area (Å²) in [5, 5.41) is 0. The maximum Gasteiger partial charge on any atom is 0.253 e. The summed E-state index contributed by atoms with van der Waals surface area (Å²) >= 11 is 3.27. The minimum Gasteiger partial charge on any atom is -0.336 e. The maximum absolute atomic E-state index is 12.8. The molecule has 25 heavy (non-hydrogen) atoms. The second-order valence-corrected chi connectivity index (χ2v) is 9.89. The van der Waals surface area contributed by atoms with Crippen LogP contribution in [0.2, 0.25) is 0 Å². The topological polar surface area (TPSA) is 60.9 Å². The van der Waals surface area contributed by atoms with Crippen molar-refractivity contribution in [3.05, 3.63) is 28.2 Å². The SMILES string of the molecule is CC(C)CN1CCN(C(=O)c2ccc(Br)c(S(=O)(=O)N(C)C)c2)CC1. The minimum atomic E-state index is -3.61. The van der Waals surface area contributed by atoms with Crippen molar-refractivity contribution in [2.24, 2.45) is 5.92 Å². The predicted octanol–water partition coefficient (Wildman–Crippen LogP) is 2.11. The van der Waals surface area contributed by atoms with Gasteiger partial charge in [0.2, 0.25) is 10.0 Å². The molecule has 0 saturated carbocycles. The molecule has 1 fully saturated rings. The van der Waals surface area contributed by atoms with Crippen molar-refractivity contribution in [2.45, 2.75) is 18.7 Å². The Balaban J connectivity index is 2.16. The standard InChI is InChI=1S/C17H26BrN3O3S/c1-13(2)12-20-7-9-21(10-8-20)17(22)14-5-6-15(18)16(11-14)25(23,24)19(3)4/h5-6,11,13H,7-10,12H2,1-4H3. The molecule has 0 spiro atoms. The van der Waals surface area contributed by atoms with E-state index in [-0.39, 0.29) is 10.8 Å². The molecule has 1 aromatic carbocycles. The van der Waals surface area contributed by atoms with Gasteiger partial charge in [0.05, 0.1) is 4.90 Å². The fourth-order valence-corrected chi connectivity index (χ4v) is 4.71. The first kappa shape index (κ1) is 20.4. The van der Waals surface area contributed by atoms with Crippen molar-refractivity contribution < 1.29 is 13.2 Å². The van der Waals surface area contributed by atoms with E-state index in [2.05, 4.69) is 34.7 Å². The second-order valence-electron chi connectivity index (χ2n) is 6.92. The van der Waals surface area contributed by atoms with Gasteiger partial charge in [-0.2, -0.15) is 0 Å². The average molecular weight is 432 g/mol. The Morgan fingerprint density at radius 3 is 2.32 bits per heavy atom. The molecular formula is C17H26BrN3O3S. The maximum atomic E-state index is 12.8. The van der Waals surface area contributed by atoms with E-state index in [9.17, 15) is 13.2 Å². The molecule has 1 saturated heterocycles. The Morgan fingerprint density at radius 1 is 1.20 bits per heavy atom. The van der Waals surface area contributed by atoms with Gasteiger partial charge in [-0.15, -0.1) is 0 Å². The molecule has 6 nitrogen and oxygen atoms in total. The van der Waals surface area contributed by atoms with E-state index >= 15 is 0 Å². The van der Waals surface area contributed by atoms with Gasteiger partial charge < -0.3 is 4.90 Å². The number of hydrogen-bond donors (Lipinski definition) is 0. The molecule has 1 amide bonds. The van der Waals surface area contributed by atoms with Crippen molar-refractivity contribution in [1.82, 2.24) is 14.1 Å². The first-order chi connectivity index (χ1) is 11.6. The lowest BCUT2D eigenvalue weighted by atomic mass is 10.1. The number of amides is 1. The van der Waals surface area contributed by atoms with Gasteiger partial charge in [-0.05, 0) is 40.0 Å². The lowest BCUT2D eigenvalue weighted by molar-refractivity contribution is 0.0623. The lowest BCUT2D eigenvalue weighted by Crippen LogP contribution is -2.49. The summed E-state index contributed by atoms with van der Waals surface area (Å²) < 4.78 is 26.4. The summed E-state index contributed by atoms with van der Waals surface area (Å²) in [6.07, 6.45) is 0. The third-order valence-electron chi connectivity index (χ3n) is 4.22. The number of halogens is 1. The van der Waals surface area contributed by atoms with Gasteiger partial charge in [-0.25, -0.2) is 12.7 Å². The molecule has 0 atom stereocenters. The molecule has 0 N–H and O–H groups in total. The molecule has 0 unspecified atom stereocenters. The Morgan fingerprint density at radius 2 is 1.80 bits per heavy atom. The van der Waals surface area contributed by atoms with Crippen LogP contribution in [0.3, 0.4) is 0 Å². The van der Waals surface area contributed by atoms with E-state index in [0.29, 0.717) is 29.0 Å². The smallest absolute Gasteiger partial charge is 0.253 e. The number of carbonyl (C=O) groups is 1. The normalized spacial score (nSPS) is 16.7. The Kier molecular flexibility index (Phi) is 6.64. The highest BCUT2D eigenvalue weighted by molar-refractivity contribution is 9.10. The zero-order valence-corrected chi connectivity index (χ0v) is 17.6. The summed E-state index contributed by atoms with van der Waals surface area (Å²) in [5.74, 6) is 0.486. The fraction of sp³-hybridized carbons (Fsp3) is 0.588. The molecule has 1 aliphatic rings. The van der Waals surface area contributed by atoms with Gasteiger partial charge in [0.1, 0.15) is 0 Å². The van der Waals surface area contributed by atoms with Crippen molar-refractivity contribution >= 4 is 31.9 Å². The van der Waals surface area contributed by atoms with Crippen LogP contribution in [-0.2, 0) is 10.0 Å². The van der Waals surface area contributed by atoms with Gasteiger partial charge in [-0.1, -0.05) is 13.8 Å². The van der Waals surface area contributed by atoms with Crippen LogP contribution < -0.4 is 0 Å². The van der Waals surface area contributed by atoms with Crippen LogP contribution in [-0.4, -0.2) is 75.2 Å². The zero-order chi connectivity index (χ0) is 18.8. The summed E-state index contributed by atoms with van der Waals surface area (Å²) in [7, 11) is -0.656. The molecule has 1 heterocycles. The number of hydrogen-bond acceptors (Lipinski definition) is 4. The predicted molar refractivity (Wildman–Crippen MR) is 102 cm³/mol. The van der Waals surface area contributed by atoms with Crippen LogP contribution in [0.25, 0.3) is 0 Å². The first-order valence-electron chi connectivity index (χ1n) is 8.36. The molecular weight excluding hydrogens is 406 g/mol. The number of carbonyl (C=O) groups excluding carboxylic acids is 1. The third kappa shape index (κ3) is 4.81. The number of rotatable bonds is 5. The van der Waals surface area contributed by atoms with Gasteiger partial charge in [-0.3, -0.25) is 9.69 Å². The average Bonchev–Trinajstić information content (AvgIpc) is 2.54. The van der Waals surface area contributed by atoms with E-state index < -0.39 is 10.0 Å². The van der Waals surface area contributed by atoms with Crippen LogP contribution in [0.4, 0.5) is 0 Å². The van der Waals surface area contributed by atoms with E-state index in [4.69, 9.17) is 0 Å². The summed E-state index contributed by atoms with van der Waals surface area (Å²) in [4.78, 5) is 17.0. The molecule has 0 aromatic heterocycles. The number of piperazine rings is 1. The molecule has 1 aromatic rings. The highest BCUT2D eigenvalue weighted by Crippen LogP contribution is 2.26. The van der Waals surface area contributed by atoms with Crippen molar-refractivity contribution in [3.8, 4) is 0 Å². The van der Waals surface area contributed by atoms with Crippen LogP contribution in [0, 0.1) is 5.92 Å². The summed E-state index contributed by atoms with van der Waals surface area (Å²) in [6, 6.07) is 4.75. The Labute approximate surface area is 159 Å². The second kappa shape index (κ2) is 8.16. The molecule has 0 aliphatic carbocycles. The monoisotopic (exact) mass is 431 g/mol. The van der Waals surface area contributed by atoms with Crippen LogP contribution in [0.1, 0.15) is 24.2 Å². The lowest BCUT2D eigenvalue weighted by Gasteiger charge is -2.35. The van der Waals surface area contributed by atoms with Crippen molar-refractivity contribution in [1.29, 1.82) is 0 Å². The fourth-order valence-electron chi connectivity index (χ4n) is 2.86. The van der Waals surface area contributed by atoms with E-state index in [0.717, 1.165) is 23.9 Å². The quantitative estimate of drug-likeness (QED) is 0.715. The molecule has 140 valence electrons. The molecule has 0 radical (unpaired) electrons. The number of benzene rings is 1. The molecule has 8 heteroatoms. The van der Waals surface area contributed by atoms with Crippen LogP contribution >= 0.6 is 15.9 Å². The largest absolute Gasteiger partial charge is 0.336 e. The molecule has 2 rings (SSSR count). The van der Waals surface area contributed by atoms with Gasteiger partial charge >= 0.3 is 0 Å².